The first-order valence-electron chi connectivity index (χ1n) is 6.29. The summed E-state index contributed by atoms with van der Waals surface area (Å²) in [6, 6.07) is 8.25. The summed E-state index contributed by atoms with van der Waals surface area (Å²) in [5, 5.41) is 0. The molecule has 1 aromatic carbocycles. The van der Waals surface area contributed by atoms with E-state index in [1.54, 1.807) is 6.92 Å². The molecule has 19 heavy (non-hydrogen) atoms. The Bertz CT molecular complexity index is 627. The molecule has 5 heteroatoms. The number of benzene rings is 1. The minimum Gasteiger partial charge on any atom is -0.306 e. The van der Waals surface area contributed by atoms with Gasteiger partial charge in [0.15, 0.2) is 11.6 Å². The van der Waals surface area contributed by atoms with Gasteiger partial charge in [-0.15, -0.1) is 0 Å². The monoisotopic (exact) mass is 258 g/mol. The molecule has 0 fully saturated rings. The molecular weight excluding hydrogens is 243 g/mol. The second-order valence-corrected chi connectivity index (χ2v) is 4.76. The Labute approximate surface area is 110 Å². The molecule has 1 aliphatic rings. The average molecular weight is 258 g/mol. The molecule has 0 saturated heterocycles. The predicted molar refractivity (Wildman–Crippen MR) is 71.1 cm³/mol. The Morgan fingerprint density at radius 1 is 1.32 bits per heavy atom. The average Bonchev–Trinajstić information content (AvgIpc) is 2.85. The van der Waals surface area contributed by atoms with Crippen LogP contribution in [-0.4, -0.2) is 9.97 Å². The fourth-order valence-corrected chi connectivity index (χ4v) is 2.66. The van der Waals surface area contributed by atoms with Crippen LogP contribution in [0.15, 0.2) is 24.3 Å². The smallest absolute Gasteiger partial charge is 0.187 e. The number of halogens is 1. The summed E-state index contributed by atoms with van der Waals surface area (Å²) in [6.07, 6.45) is 1.96. The first-order chi connectivity index (χ1) is 9.20. The highest BCUT2D eigenvalue weighted by atomic mass is 19.1. The molecule has 1 aliphatic carbocycles. The Kier molecular flexibility index (Phi) is 2.91. The molecule has 4 nitrogen and oxygen atoms in total. The van der Waals surface area contributed by atoms with Crippen molar-refractivity contribution >= 4 is 5.82 Å². The van der Waals surface area contributed by atoms with Crippen LogP contribution >= 0.6 is 0 Å². The molecule has 3 rings (SSSR count). The van der Waals surface area contributed by atoms with E-state index in [-0.39, 0.29) is 11.7 Å². The van der Waals surface area contributed by atoms with E-state index < -0.39 is 5.82 Å². The van der Waals surface area contributed by atoms with Gasteiger partial charge in [-0.05, 0) is 30.9 Å². The summed E-state index contributed by atoms with van der Waals surface area (Å²) in [4.78, 5) is 8.49. The maximum atomic E-state index is 13.7. The Balaban J connectivity index is 2.07. The van der Waals surface area contributed by atoms with Crippen molar-refractivity contribution in [1.29, 1.82) is 0 Å². The number of nitrogen functional groups attached to an aromatic ring is 1. The summed E-state index contributed by atoms with van der Waals surface area (Å²) in [7, 11) is 0. The van der Waals surface area contributed by atoms with Gasteiger partial charge in [-0.25, -0.2) is 20.2 Å². The number of nitrogens with zero attached hydrogens (tertiary/aromatic N) is 2. The fraction of sp³-hybridized carbons (Fsp3) is 0.286. The quantitative estimate of drug-likeness (QED) is 0.641. The number of anilines is 1. The van der Waals surface area contributed by atoms with E-state index in [1.807, 2.05) is 12.1 Å². The van der Waals surface area contributed by atoms with Crippen molar-refractivity contribution in [2.75, 3.05) is 5.43 Å². The lowest BCUT2D eigenvalue weighted by molar-refractivity contribution is 0.593. The van der Waals surface area contributed by atoms with Gasteiger partial charge in [0.1, 0.15) is 5.82 Å². The lowest BCUT2D eigenvalue weighted by Crippen LogP contribution is -2.15. The van der Waals surface area contributed by atoms with Crippen LogP contribution in [0.4, 0.5) is 10.2 Å². The van der Waals surface area contributed by atoms with E-state index in [0.717, 1.165) is 12.8 Å². The van der Waals surface area contributed by atoms with Gasteiger partial charge >= 0.3 is 0 Å². The summed E-state index contributed by atoms with van der Waals surface area (Å²) in [5.74, 6) is 5.64. The van der Waals surface area contributed by atoms with Crippen LogP contribution in [0.1, 0.15) is 35.0 Å². The number of aryl methyl sites for hydroxylation is 2. The zero-order valence-corrected chi connectivity index (χ0v) is 10.7. The minimum atomic E-state index is -0.488. The van der Waals surface area contributed by atoms with Gasteiger partial charge in [0, 0.05) is 5.92 Å². The summed E-state index contributed by atoms with van der Waals surface area (Å²) in [5.41, 5.74) is 5.17. The van der Waals surface area contributed by atoms with Crippen molar-refractivity contribution in [3.8, 4) is 0 Å². The van der Waals surface area contributed by atoms with Crippen molar-refractivity contribution in [1.82, 2.24) is 9.97 Å². The molecule has 1 unspecified atom stereocenters. The molecular formula is C14H15FN4. The van der Waals surface area contributed by atoms with E-state index in [2.05, 4.69) is 27.5 Å². The molecule has 1 heterocycles. The topological polar surface area (TPSA) is 63.8 Å². The number of nitrogens with two attached hydrogens (primary N) is 1. The number of aromatic nitrogens is 2. The maximum absolute atomic E-state index is 13.7. The number of hydrazine groups is 1. The highest BCUT2D eigenvalue weighted by Crippen LogP contribution is 2.36. The van der Waals surface area contributed by atoms with E-state index in [4.69, 9.17) is 5.84 Å². The highest BCUT2D eigenvalue weighted by Gasteiger charge is 2.27. The first-order valence-corrected chi connectivity index (χ1v) is 6.29. The third-order valence-corrected chi connectivity index (χ3v) is 3.62. The number of nitrogens with one attached hydrogen (secondary N) is 1. The van der Waals surface area contributed by atoms with Gasteiger partial charge in [0.2, 0.25) is 0 Å². The summed E-state index contributed by atoms with van der Waals surface area (Å²) < 4.78 is 13.7. The standard InChI is InChI=1S/C14H15FN4/c1-8-12(15)14(19-16)18-13(17-8)11-7-6-9-4-2-3-5-10(9)11/h2-5,11H,6-7,16H2,1H3,(H,17,18,19). The molecule has 0 bridgehead atoms. The van der Waals surface area contributed by atoms with E-state index in [0.29, 0.717) is 11.5 Å². The largest absolute Gasteiger partial charge is 0.306 e. The Hall–Kier alpha value is -2.01. The number of fused-ring (bicyclic) bond motifs is 1. The second kappa shape index (κ2) is 4.59. The van der Waals surface area contributed by atoms with Crippen LogP contribution in [0.3, 0.4) is 0 Å². The van der Waals surface area contributed by atoms with Crippen LogP contribution in [0.5, 0.6) is 0 Å². The normalized spacial score (nSPS) is 17.3. The second-order valence-electron chi connectivity index (χ2n) is 4.76. The van der Waals surface area contributed by atoms with Gasteiger partial charge in [-0.1, -0.05) is 24.3 Å². The third kappa shape index (κ3) is 1.96. The maximum Gasteiger partial charge on any atom is 0.187 e. The predicted octanol–water partition coefficient (Wildman–Crippen LogP) is 2.29. The number of rotatable bonds is 2. The van der Waals surface area contributed by atoms with Crippen LogP contribution in [-0.2, 0) is 6.42 Å². The molecule has 2 aromatic rings. The van der Waals surface area contributed by atoms with Gasteiger partial charge in [0.25, 0.3) is 0 Å². The molecule has 0 saturated carbocycles. The van der Waals surface area contributed by atoms with Crippen molar-refractivity contribution in [3.63, 3.8) is 0 Å². The van der Waals surface area contributed by atoms with E-state index >= 15 is 0 Å². The molecule has 0 aliphatic heterocycles. The molecule has 1 atom stereocenters. The van der Waals surface area contributed by atoms with Crippen LogP contribution < -0.4 is 11.3 Å². The van der Waals surface area contributed by atoms with Crippen LogP contribution in [0, 0.1) is 12.7 Å². The van der Waals surface area contributed by atoms with Crippen molar-refractivity contribution in [2.24, 2.45) is 5.84 Å². The lowest BCUT2D eigenvalue weighted by atomic mass is 10.0. The first kappa shape index (κ1) is 12.0. The van der Waals surface area contributed by atoms with Crippen molar-refractivity contribution in [3.05, 3.63) is 52.7 Å². The lowest BCUT2D eigenvalue weighted by Gasteiger charge is -2.13. The number of hydrogen-bond donors (Lipinski definition) is 2. The van der Waals surface area contributed by atoms with E-state index in [9.17, 15) is 4.39 Å². The Morgan fingerprint density at radius 2 is 2.11 bits per heavy atom. The molecule has 1 aromatic heterocycles. The molecule has 98 valence electrons. The molecule has 0 radical (unpaired) electrons. The minimum absolute atomic E-state index is 0.0619. The van der Waals surface area contributed by atoms with Gasteiger partial charge in [0.05, 0.1) is 5.69 Å². The zero-order valence-electron chi connectivity index (χ0n) is 10.7. The molecule has 3 N–H and O–H groups in total. The molecule has 0 spiro atoms. The zero-order chi connectivity index (χ0) is 13.4. The molecule has 0 amide bonds. The highest BCUT2D eigenvalue weighted by molar-refractivity contribution is 5.42. The summed E-state index contributed by atoms with van der Waals surface area (Å²) in [6.45, 7) is 1.63. The third-order valence-electron chi connectivity index (χ3n) is 3.62. The van der Waals surface area contributed by atoms with Gasteiger partial charge in [-0.2, -0.15) is 0 Å². The SMILES string of the molecule is Cc1nc(C2CCc3ccccc32)nc(NN)c1F. The van der Waals surface area contributed by atoms with Crippen molar-refractivity contribution < 1.29 is 4.39 Å². The summed E-state index contributed by atoms with van der Waals surface area (Å²) >= 11 is 0. The fourth-order valence-electron chi connectivity index (χ4n) is 2.66. The van der Waals surface area contributed by atoms with Crippen LogP contribution in [0.2, 0.25) is 0 Å². The van der Waals surface area contributed by atoms with Crippen molar-refractivity contribution in [2.45, 2.75) is 25.7 Å². The van der Waals surface area contributed by atoms with Gasteiger partial charge < -0.3 is 5.43 Å². The van der Waals surface area contributed by atoms with Crippen LogP contribution in [0.25, 0.3) is 0 Å². The Morgan fingerprint density at radius 3 is 2.89 bits per heavy atom. The number of hydrogen-bond acceptors (Lipinski definition) is 4. The van der Waals surface area contributed by atoms with Gasteiger partial charge in [-0.3, -0.25) is 0 Å². The van der Waals surface area contributed by atoms with E-state index in [1.165, 1.54) is 11.1 Å².